The lowest BCUT2D eigenvalue weighted by Gasteiger charge is -2.42. The van der Waals surface area contributed by atoms with E-state index < -0.39 is 17.8 Å². The molecule has 0 spiro atoms. The molecule has 0 aromatic heterocycles. The predicted octanol–water partition coefficient (Wildman–Crippen LogP) is 4.85. The van der Waals surface area contributed by atoms with Crippen LogP contribution in [0.15, 0.2) is 47.1 Å². The van der Waals surface area contributed by atoms with E-state index in [2.05, 4.69) is 50.5 Å². The maximum Gasteiger partial charge on any atom is 0.119 e. The molecular weight excluding hydrogens is 372 g/mol. The van der Waals surface area contributed by atoms with Gasteiger partial charge in [-0.3, -0.25) is 0 Å². The van der Waals surface area contributed by atoms with Gasteiger partial charge in [0.1, 0.15) is 5.60 Å². The van der Waals surface area contributed by atoms with E-state index in [0.717, 1.165) is 30.4 Å². The van der Waals surface area contributed by atoms with Crippen molar-refractivity contribution in [1.82, 2.24) is 0 Å². The molecule has 0 amide bonds. The average Bonchev–Trinajstić information content (AvgIpc) is 3.00. The fraction of sp³-hybridized carbons (Fsp3) is 0.630. The molecule has 0 radical (unpaired) electrons. The van der Waals surface area contributed by atoms with E-state index >= 15 is 0 Å². The number of rotatable bonds is 3. The average molecular weight is 411 g/mol. The molecule has 0 aromatic rings. The third-order valence-electron chi connectivity index (χ3n) is 7.21. The molecule has 0 saturated heterocycles. The van der Waals surface area contributed by atoms with Crippen molar-refractivity contribution in [2.45, 2.75) is 90.4 Å². The van der Waals surface area contributed by atoms with Crippen LogP contribution in [0.3, 0.4) is 0 Å². The Hall–Kier alpha value is -1.60. The molecule has 3 N–H and O–H groups in total. The maximum atomic E-state index is 10.1. The molecule has 0 aliphatic heterocycles. The number of fused-ring (bicyclic) bond motifs is 1. The number of hydrogen-bond acceptors (Lipinski definition) is 3. The van der Waals surface area contributed by atoms with Gasteiger partial charge in [-0.1, -0.05) is 61.6 Å². The van der Waals surface area contributed by atoms with Crippen LogP contribution in [0.5, 0.6) is 0 Å². The highest BCUT2D eigenvalue weighted by Gasteiger charge is 2.45. The number of hydrogen-bond donors (Lipinski definition) is 3. The Balaban J connectivity index is 1.76. The third kappa shape index (κ3) is 4.99. The van der Waals surface area contributed by atoms with E-state index in [-0.39, 0.29) is 5.41 Å². The van der Waals surface area contributed by atoms with Gasteiger partial charge in [0, 0.05) is 12.8 Å². The van der Waals surface area contributed by atoms with Crippen molar-refractivity contribution in [3.8, 4) is 11.8 Å². The van der Waals surface area contributed by atoms with Gasteiger partial charge in [-0.2, -0.15) is 0 Å². The number of aliphatic hydroxyl groups is 3. The molecule has 0 heterocycles. The zero-order valence-corrected chi connectivity index (χ0v) is 19.0. The van der Waals surface area contributed by atoms with Crippen molar-refractivity contribution in [2.24, 2.45) is 17.3 Å². The molecule has 30 heavy (non-hydrogen) atoms. The molecule has 3 aliphatic carbocycles. The SMILES string of the molecule is C=C1/C(=C\C=C2\CCC[C@]3(C)C([C@H](C)CC#CC(C)(C)O)=CC[C@@H]23)C[C@@H](O)C[C@@H]1O. The highest BCUT2D eigenvalue weighted by molar-refractivity contribution is 5.40. The highest BCUT2D eigenvalue weighted by Crippen LogP contribution is 2.56. The summed E-state index contributed by atoms with van der Waals surface area (Å²) in [5.41, 5.74) is 3.95. The normalized spacial score (nSPS) is 35.6. The topological polar surface area (TPSA) is 60.7 Å². The monoisotopic (exact) mass is 410 g/mol. The second-order valence-corrected chi connectivity index (χ2v) is 10.3. The minimum absolute atomic E-state index is 0.168. The van der Waals surface area contributed by atoms with Gasteiger partial charge in [-0.15, -0.1) is 0 Å². The molecule has 3 rings (SSSR count). The summed E-state index contributed by atoms with van der Waals surface area (Å²) in [7, 11) is 0. The lowest BCUT2D eigenvalue weighted by Crippen LogP contribution is -2.32. The van der Waals surface area contributed by atoms with Crippen LogP contribution in [0.1, 0.15) is 72.6 Å². The maximum absolute atomic E-state index is 10.1. The van der Waals surface area contributed by atoms with Crippen molar-refractivity contribution in [3.63, 3.8) is 0 Å². The smallest absolute Gasteiger partial charge is 0.119 e. The van der Waals surface area contributed by atoms with Crippen molar-refractivity contribution in [3.05, 3.63) is 47.1 Å². The summed E-state index contributed by atoms with van der Waals surface area (Å²) < 4.78 is 0. The van der Waals surface area contributed by atoms with Crippen LogP contribution in [0.25, 0.3) is 0 Å². The standard InChI is InChI=1S/C27H38O3/c1-18(8-6-14-26(3,4)30)23-12-13-24-20(9-7-15-27(23,24)5)10-11-21-16-22(28)17-25(29)19(21)2/h10-12,18,22,24-25,28-30H,2,7-9,13,15-17H2,1,3-5H3/b20-10-,21-11-/t18-,22-,24+,25+,27-/m1/s1. The first-order valence-electron chi connectivity index (χ1n) is 11.4. The van der Waals surface area contributed by atoms with Crippen molar-refractivity contribution >= 4 is 0 Å². The van der Waals surface area contributed by atoms with Crippen LogP contribution >= 0.6 is 0 Å². The zero-order valence-electron chi connectivity index (χ0n) is 19.0. The van der Waals surface area contributed by atoms with Crippen LogP contribution in [-0.4, -0.2) is 33.1 Å². The van der Waals surface area contributed by atoms with E-state index in [9.17, 15) is 15.3 Å². The summed E-state index contributed by atoms with van der Waals surface area (Å²) in [5, 5.41) is 30.0. The first kappa shape index (κ1) is 23.1. The van der Waals surface area contributed by atoms with Crippen molar-refractivity contribution < 1.29 is 15.3 Å². The Bertz CT molecular complexity index is 826. The van der Waals surface area contributed by atoms with Gasteiger partial charge in [-0.25, -0.2) is 0 Å². The summed E-state index contributed by atoms with van der Waals surface area (Å²) in [4.78, 5) is 0. The lowest BCUT2D eigenvalue weighted by molar-refractivity contribution is 0.0862. The van der Waals surface area contributed by atoms with Crippen LogP contribution in [0.4, 0.5) is 0 Å². The molecule has 0 aromatic carbocycles. The molecule has 3 heteroatoms. The third-order valence-corrected chi connectivity index (χ3v) is 7.21. The highest BCUT2D eigenvalue weighted by atomic mass is 16.3. The zero-order chi connectivity index (χ0) is 22.1. The quantitative estimate of drug-likeness (QED) is 0.460. The summed E-state index contributed by atoms with van der Waals surface area (Å²) in [6.45, 7) is 12.1. The summed E-state index contributed by atoms with van der Waals surface area (Å²) in [5.74, 6) is 7.03. The van der Waals surface area contributed by atoms with E-state index in [1.54, 1.807) is 13.8 Å². The van der Waals surface area contributed by atoms with Gasteiger partial charge >= 0.3 is 0 Å². The first-order chi connectivity index (χ1) is 14.0. The molecule has 3 aliphatic rings. The second kappa shape index (κ2) is 8.87. The minimum Gasteiger partial charge on any atom is -0.393 e. The Morgan fingerprint density at radius 2 is 2.07 bits per heavy atom. The van der Waals surface area contributed by atoms with Gasteiger partial charge in [0.2, 0.25) is 0 Å². The van der Waals surface area contributed by atoms with Gasteiger partial charge in [0.05, 0.1) is 12.2 Å². The van der Waals surface area contributed by atoms with Crippen LogP contribution in [-0.2, 0) is 0 Å². The summed E-state index contributed by atoms with van der Waals surface area (Å²) >= 11 is 0. The molecule has 2 saturated carbocycles. The largest absolute Gasteiger partial charge is 0.393 e. The fourth-order valence-electron chi connectivity index (χ4n) is 5.61. The Morgan fingerprint density at radius 3 is 2.77 bits per heavy atom. The molecule has 3 nitrogen and oxygen atoms in total. The summed E-state index contributed by atoms with van der Waals surface area (Å²) in [6.07, 6.45) is 11.9. The fourth-order valence-corrected chi connectivity index (χ4v) is 5.61. The molecule has 2 fully saturated rings. The van der Waals surface area contributed by atoms with Crippen molar-refractivity contribution in [2.75, 3.05) is 0 Å². The van der Waals surface area contributed by atoms with Crippen LogP contribution < -0.4 is 0 Å². The molecule has 5 atom stereocenters. The predicted molar refractivity (Wildman–Crippen MR) is 123 cm³/mol. The van der Waals surface area contributed by atoms with Crippen LogP contribution in [0, 0.1) is 29.1 Å². The molecule has 0 unspecified atom stereocenters. The second-order valence-electron chi connectivity index (χ2n) is 10.3. The van der Waals surface area contributed by atoms with E-state index in [4.69, 9.17) is 0 Å². The van der Waals surface area contributed by atoms with E-state index in [0.29, 0.717) is 24.7 Å². The number of aliphatic hydroxyl groups excluding tert-OH is 2. The molecule has 164 valence electrons. The lowest BCUT2D eigenvalue weighted by atomic mass is 9.62. The summed E-state index contributed by atoms with van der Waals surface area (Å²) in [6, 6.07) is 0. The van der Waals surface area contributed by atoms with Crippen LogP contribution in [0.2, 0.25) is 0 Å². The van der Waals surface area contributed by atoms with Gasteiger partial charge < -0.3 is 15.3 Å². The Kier molecular flexibility index (Phi) is 6.82. The minimum atomic E-state index is -0.936. The van der Waals surface area contributed by atoms with Gasteiger partial charge in [0.25, 0.3) is 0 Å². The van der Waals surface area contributed by atoms with Crippen molar-refractivity contribution in [1.29, 1.82) is 0 Å². The Labute approximate surface area is 182 Å². The molecule has 0 bridgehead atoms. The first-order valence-corrected chi connectivity index (χ1v) is 11.4. The Morgan fingerprint density at radius 1 is 1.33 bits per heavy atom. The van der Waals surface area contributed by atoms with Gasteiger partial charge in [0.15, 0.2) is 0 Å². The van der Waals surface area contributed by atoms with Gasteiger partial charge in [-0.05, 0) is 74.3 Å². The van der Waals surface area contributed by atoms with E-state index in [1.807, 2.05) is 0 Å². The molecular formula is C27H38O3. The van der Waals surface area contributed by atoms with E-state index in [1.165, 1.54) is 24.0 Å². The number of allylic oxidation sites excluding steroid dienone is 5.